The summed E-state index contributed by atoms with van der Waals surface area (Å²) in [6.07, 6.45) is -0.817. The topological polar surface area (TPSA) is 145 Å². The predicted octanol–water partition coefficient (Wildman–Crippen LogP) is 1.91. The molecular weight excluding hydrogens is 472 g/mol. The van der Waals surface area contributed by atoms with Crippen molar-refractivity contribution in [2.75, 3.05) is 6.61 Å². The summed E-state index contributed by atoms with van der Waals surface area (Å²) in [7, 11) is 0. The van der Waals surface area contributed by atoms with Crippen LogP contribution in [0.2, 0.25) is 0 Å². The van der Waals surface area contributed by atoms with Crippen LogP contribution in [-0.4, -0.2) is 64.1 Å². The average molecular weight is 501 g/mol. The number of aliphatic hydroxyl groups excluding tert-OH is 2. The van der Waals surface area contributed by atoms with Gasteiger partial charge in [0.2, 0.25) is 5.78 Å². The van der Waals surface area contributed by atoms with E-state index in [4.69, 9.17) is 23.4 Å². The van der Waals surface area contributed by atoms with Gasteiger partial charge in [-0.15, -0.1) is 0 Å². The van der Waals surface area contributed by atoms with E-state index in [1.807, 2.05) is 0 Å². The number of carbonyl (C=O) groups is 3. The SMILES string of the molecule is CC1(C)OC2CC(=O)OCC23C1=C(O)C(=O)C1(C)C3CC(O)C2(C)C(c3ccoc3)OC(=O)C3OC312. The number of ether oxygens (including phenoxy) is 4. The summed E-state index contributed by atoms with van der Waals surface area (Å²) in [5, 5.41) is 23.4. The molecule has 1 aromatic heterocycles. The van der Waals surface area contributed by atoms with Gasteiger partial charge in [-0.2, -0.15) is 0 Å². The number of aliphatic hydroxyl groups is 2. The maximum Gasteiger partial charge on any atom is 0.339 e. The summed E-state index contributed by atoms with van der Waals surface area (Å²) in [4.78, 5) is 39.8. The second kappa shape index (κ2) is 6.23. The Kier molecular flexibility index (Phi) is 3.89. The zero-order valence-corrected chi connectivity index (χ0v) is 20.4. The second-order valence-corrected chi connectivity index (χ2v) is 12.0. The average Bonchev–Trinajstić information content (AvgIpc) is 3.28. The summed E-state index contributed by atoms with van der Waals surface area (Å²) in [5.41, 5.74) is -5.34. The fraction of sp³-hybridized carbons (Fsp3) is 0.654. The standard InChI is InChI=1S/C26H28O10/c1-22(2)17-16(29)18(30)23(3)12(25(17)10-33-15(28)8-14(25)35-22)7-13(27)24(4)19(11-5-6-32-9-11)34-21(31)20-26(23,24)36-20/h5-6,9,12-14,19-20,27,29H,7-8,10H2,1-4H3. The number of esters is 2. The van der Waals surface area contributed by atoms with Crippen molar-refractivity contribution in [3.63, 3.8) is 0 Å². The molecule has 36 heavy (non-hydrogen) atoms. The second-order valence-electron chi connectivity index (χ2n) is 12.0. The third-order valence-electron chi connectivity index (χ3n) is 10.3. The van der Waals surface area contributed by atoms with Gasteiger partial charge in [0.15, 0.2) is 11.9 Å². The molecule has 4 aliphatic heterocycles. The van der Waals surface area contributed by atoms with E-state index in [1.54, 1.807) is 33.8 Å². The van der Waals surface area contributed by atoms with Gasteiger partial charge in [-0.05, 0) is 39.2 Å². The fourth-order valence-corrected chi connectivity index (χ4v) is 8.90. The lowest BCUT2D eigenvalue weighted by molar-refractivity contribution is -0.240. The van der Waals surface area contributed by atoms with Crippen LogP contribution < -0.4 is 0 Å². The highest BCUT2D eigenvalue weighted by Crippen LogP contribution is 2.79. The van der Waals surface area contributed by atoms with E-state index >= 15 is 0 Å². The third-order valence-corrected chi connectivity index (χ3v) is 10.3. The van der Waals surface area contributed by atoms with E-state index in [0.29, 0.717) is 11.1 Å². The molecule has 0 bridgehead atoms. The Morgan fingerprint density at radius 3 is 2.50 bits per heavy atom. The number of fused-ring (bicyclic) bond motifs is 1. The Labute approximate surface area is 206 Å². The molecule has 2 spiro atoms. The van der Waals surface area contributed by atoms with Crippen LogP contribution >= 0.6 is 0 Å². The van der Waals surface area contributed by atoms with E-state index in [1.165, 1.54) is 12.5 Å². The van der Waals surface area contributed by atoms with E-state index in [0.717, 1.165) is 0 Å². The normalized spacial score (nSPS) is 50.2. The minimum Gasteiger partial charge on any atom is -0.504 e. The van der Waals surface area contributed by atoms with E-state index in [2.05, 4.69) is 0 Å². The van der Waals surface area contributed by atoms with Crippen molar-refractivity contribution in [2.24, 2.45) is 22.2 Å². The molecule has 0 radical (unpaired) electrons. The molecule has 2 aliphatic carbocycles. The number of rotatable bonds is 1. The number of hydrogen-bond acceptors (Lipinski definition) is 10. The Morgan fingerprint density at radius 1 is 1.06 bits per heavy atom. The Balaban J connectivity index is 1.49. The monoisotopic (exact) mass is 500 g/mol. The highest BCUT2D eigenvalue weighted by atomic mass is 16.7. The lowest BCUT2D eigenvalue weighted by Gasteiger charge is -2.64. The van der Waals surface area contributed by atoms with Gasteiger partial charge >= 0.3 is 11.9 Å². The minimum absolute atomic E-state index is 0.0503. The highest BCUT2D eigenvalue weighted by molar-refractivity contribution is 6.03. The molecule has 10 nitrogen and oxygen atoms in total. The summed E-state index contributed by atoms with van der Waals surface area (Å²) < 4.78 is 29.1. The molecule has 192 valence electrons. The third kappa shape index (κ3) is 2.06. The Bertz CT molecular complexity index is 1260. The van der Waals surface area contributed by atoms with Gasteiger partial charge in [-0.25, -0.2) is 4.79 Å². The predicted molar refractivity (Wildman–Crippen MR) is 117 cm³/mol. The smallest absolute Gasteiger partial charge is 0.339 e. The lowest BCUT2D eigenvalue weighted by Crippen LogP contribution is -2.74. The highest BCUT2D eigenvalue weighted by Gasteiger charge is 2.91. The van der Waals surface area contributed by atoms with Crippen molar-refractivity contribution in [3.8, 4) is 0 Å². The first-order valence-electron chi connectivity index (χ1n) is 12.3. The molecule has 2 N–H and O–H groups in total. The van der Waals surface area contributed by atoms with Crippen LogP contribution in [-0.2, 0) is 33.3 Å². The number of ketones is 1. The molecule has 7 rings (SSSR count). The maximum atomic E-state index is 14.3. The summed E-state index contributed by atoms with van der Waals surface area (Å²) in [6.45, 7) is 6.87. The van der Waals surface area contributed by atoms with Gasteiger partial charge in [-0.3, -0.25) is 9.59 Å². The molecule has 1 saturated carbocycles. The number of hydrogen-bond donors (Lipinski definition) is 2. The van der Waals surface area contributed by atoms with Crippen LogP contribution in [0.15, 0.2) is 34.3 Å². The first kappa shape index (κ1) is 22.5. The summed E-state index contributed by atoms with van der Waals surface area (Å²) in [6, 6.07) is 1.65. The van der Waals surface area contributed by atoms with Crippen LogP contribution in [0.1, 0.15) is 52.2 Å². The largest absolute Gasteiger partial charge is 0.504 e. The number of allylic oxidation sites excluding steroid dienone is 1. The first-order chi connectivity index (χ1) is 16.9. The molecule has 6 aliphatic rings. The van der Waals surface area contributed by atoms with Crippen molar-refractivity contribution < 1.29 is 48.0 Å². The van der Waals surface area contributed by atoms with Gasteiger partial charge in [0.05, 0.1) is 53.0 Å². The number of epoxide rings is 1. The van der Waals surface area contributed by atoms with Crippen LogP contribution in [0.25, 0.3) is 0 Å². The number of cyclic esters (lactones) is 2. The zero-order valence-electron chi connectivity index (χ0n) is 20.4. The van der Waals surface area contributed by atoms with Crippen molar-refractivity contribution in [2.45, 2.75) is 76.2 Å². The Morgan fingerprint density at radius 2 is 1.81 bits per heavy atom. The van der Waals surface area contributed by atoms with Crippen molar-refractivity contribution in [3.05, 3.63) is 35.5 Å². The van der Waals surface area contributed by atoms with Gasteiger partial charge in [0.25, 0.3) is 0 Å². The van der Waals surface area contributed by atoms with Gasteiger partial charge in [0.1, 0.15) is 18.3 Å². The molecule has 4 saturated heterocycles. The van der Waals surface area contributed by atoms with E-state index in [9.17, 15) is 24.6 Å². The molecule has 0 amide bonds. The molecular formula is C26H28O10. The summed E-state index contributed by atoms with van der Waals surface area (Å²) in [5.74, 6) is -2.72. The minimum atomic E-state index is -1.47. The van der Waals surface area contributed by atoms with Gasteiger partial charge < -0.3 is 33.6 Å². The van der Waals surface area contributed by atoms with Crippen molar-refractivity contribution in [1.29, 1.82) is 0 Å². The molecule has 10 heteroatoms. The van der Waals surface area contributed by atoms with Gasteiger partial charge in [-0.1, -0.05) is 6.92 Å². The quantitative estimate of drug-likeness (QED) is 0.433. The number of Topliss-reactive ketones (excluding diaryl/α,β-unsaturated/α-hetero) is 1. The first-order valence-corrected chi connectivity index (χ1v) is 12.3. The molecule has 9 atom stereocenters. The van der Waals surface area contributed by atoms with Gasteiger partial charge in [0, 0.05) is 11.1 Å². The maximum absolute atomic E-state index is 14.3. The van der Waals surface area contributed by atoms with Crippen LogP contribution in [0, 0.1) is 22.2 Å². The van der Waals surface area contributed by atoms with E-state index in [-0.39, 0.29) is 19.4 Å². The van der Waals surface area contributed by atoms with Crippen LogP contribution in [0.4, 0.5) is 0 Å². The summed E-state index contributed by atoms with van der Waals surface area (Å²) >= 11 is 0. The molecule has 0 aromatic carbocycles. The fourth-order valence-electron chi connectivity index (χ4n) is 8.90. The molecule has 5 fully saturated rings. The molecule has 5 heterocycles. The van der Waals surface area contributed by atoms with Crippen molar-refractivity contribution in [1.82, 2.24) is 0 Å². The number of furan rings is 1. The number of carbonyl (C=O) groups excluding carboxylic acids is 3. The zero-order chi connectivity index (χ0) is 25.6. The van der Waals surface area contributed by atoms with Crippen LogP contribution in [0.3, 0.4) is 0 Å². The molecule has 9 unspecified atom stereocenters. The Hall–Kier alpha value is -2.69. The van der Waals surface area contributed by atoms with Crippen molar-refractivity contribution >= 4 is 17.7 Å². The van der Waals surface area contributed by atoms with E-state index < -0.39 is 81.3 Å². The van der Waals surface area contributed by atoms with Crippen LogP contribution in [0.5, 0.6) is 0 Å². The lowest BCUT2D eigenvalue weighted by atomic mass is 9.38. The molecule has 1 aromatic rings.